The van der Waals surface area contributed by atoms with Gasteiger partial charge in [0, 0.05) is 29.7 Å². The fraction of sp³-hybridized carbons (Fsp3) is 0.450. The molecule has 2 atom stereocenters. The van der Waals surface area contributed by atoms with Gasteiger partial charge < -0.3 is 10.2 Å². The largest absolute Gasteiger partial charge is 0.338 e. The quantitative estimate of drug-likeness (QED) is 0.841. The van der Waals surface area contributed by atoms with Crippen LogP contribution in [0.4, 0.5) is 5.82 Å². The van der Waals surface area contributed by atoms with E-state index >= 15 is 0 Å². The molecule has 0 bridgehead atoms. The molecule has 0 saturated carbocycles. The Labute approximate surface area is 164 Å². The van der Waals surface area contributed by atoms with Crippen molar-refractivity contribution in [2.45, 2.75) is 39.2 Å². The summed E-state index contributed by atoms with van der Waals surface area (Å²) >= 11 is 5.89. The van der Waals surface area contributed by atoms with Crippen molar-refractivity contribution in [1.82, 2.24) is 14.7 Å². The molecule has 1 aromatic heterocycles. The number of carbonyl (C=O) groups is 2. The van der Waals surface area contributed by atoms with E-state index in [0.29, 0.717) is 29.5 Å². The van der Waals surface area contributed by atoms with E-state index in [1.165, 1.54) is 0 Å². The Bertz CT molecular complexity index is 803. The van der Waals surface area contributed by atoms with E-state index in [1.54, 1.807) is 35.4 Å². The summed E-state index contributed by atoms with van der Waals surface area (Å²) in [6, 6.07) is 8.88. The number of hydrogen-bond acceptors (Lipinski definition) is 3. The number of benzene rings is 1. The van der Waals surface area contributed by atoms with Gasteiger partial charge in [-0.2, -0.15) is 5.10 Å². The zero-order valence-electron chi connectivity index (χ0n) is 15.7. The van der Waals surface area contributed by atoms with E-state index in [9.17, 15) is 9.59 Å². The molecular weight excluding hydrogens is 364 g/mol. The second kappa shape index (κ2) is 8.57. The Kier molecular flexibility index (Phi) is 6.16. The van der Waals surface area contributed by atoms with Crippen molar-refractivity contribution in [3.8, 4) is 0 Å². The molecule has 2 heterocycles. The molecule has 1 aromatic carbocycles. The molecule has 1 aliphatic rings. The Balaban J connectivity index is 1.65. The normalized spacial score (nSPS) is 18.2. The first-order chi connectivity index (χ1) is 13.0. The molecular formula is C20H25ClN4O2. The molecule has 1 saturated heterocycles. The molecule has 0 radical (unpaired) electrons. The topological polar surface area (TPSA) is 67.2 Å². The minimum atomic E-state index is -0.227. The monoisotopic (exact) mass is 388 g/mol. The van der Waals surface area contributed by atoms with Gasteiger partial charge in [-0.1, -0.05) is 18.5 Å². The first-order valence-corrected chi connectivity index (χ1v) is 9.76. The maximum atomic E-state index is 12.8. The average Bonchev–Trinajstić information content (AvgIpc) is 3.15. The van der Waals surface area contributed by atoms with E-state index in [2.05, 4.69) is 24.3 Å². The highest BCUT2D eigenvalue weighted by molar-refractivity contribution is 6.30. The standard InChI is InChI=1S/C20H25ClN4O2/c1-3-14(2)25-18(10-11-22-25)23-19(26)16-5-4-12-24(13-16)20(27)15-6-8-17(21)9-7-15/h6-11,14,16H,3-5,12-13H2,1-2H3,(H,23,26). The lowest BCUT2D eigenvalue weighted by atomic mass is 9.96. The first kappa shape index (κ1) is 19.4. The van der Waals surface area contributed by atoms with Crippen molar-refractivity contribution >= 4 is 29.2 Å². The molecule has 1 aliphatic heterocycles. The molecule has 0 spiro atoms. The molecule has 2 aromatic rings. The highest BCUT2D eigenvalue weighted by Crippen LogP contribution is 2.22. The van der Waals surface area contributed by atoms with Gasteiger partial charge >= 0.3 is 0 Å². The number of hydrogen-bond donors (Lipinski definition) is 1. The lowest BCUT2D eigenvalue weighted by molar-refractivity contribution is -0.121. The van der Waals surface area contributed by atoms with Crippen LogP contribution in [0.5, 0.6) is 0 Å². The molecule has 1 fully saturated rings. The summed E-state index contributed by atoms with van der Waals surface area (Å²) in [5.41, 5.74) is 0.593. The predicted molar refractivity (Wildman–Crippen MR) is 106 cm³/mol. The predicted octanol–water partition coefficient (Wildman–Crippen LogP) is 4.00. The zero-order chi connectivity index (χ0) is 19.4. The lowest BCUT2D eigenvalue weighted by Gasteiger charge is -2.32. The van der Waals surface area contributed by atoms with Gasteiger partial charge in [-0.05, 0) is 50.5 Å². The van der Waals surface area contributed by atoms with Crippen LogP contribution in [0, 0.1) is 5.92 Å². The molecule has 6 nitrogen and oxygen atoms in total. The van der Waals surface area contributed by atoms with Gasteiger partial charge in [-0.3, -0.25) is 9.59 Å². The number of anilines is 1. The smallest absolute Gasteiger partial charge is 0.253 e. The van der Waals surface area contributed by atoms with Crippen molar-refractivity contribution in [2.24, 2.45) is 5.92 Å². The summed E-state index contributed by atoms with van der Waals surface area (Å²) in [6.07, 6.45) is 4.20. The third kappa shape index (κ3) is 4.50. The second-order valence-electron chi connectivity index (χ2n) is 7.00. The van der Waals surface area contributed by atoms with Gasteiger partial charge in [0.1, 0.15) is 5.82 Å². The molecule has 0 aliphatic carbocycles. The van der Waals surface area contributed by atoms with Crippen LogP contribution < -0.4 is 5.32 Å². The summed E-state index contributed by atoms with van der Waals surface area (Å²) in [7, 11) is 0. The second-order valence-corrected chi connectivity index (χ2v) is 7.44. The van der Waals surface area contributed by atoms with Crippen molar-refractivity contribution in [3.63, 3.8) is 0 Å². The number of halogens is 1. The summed E-state index contributed by atoms with van der Waals surface area (Å²) < 4.78 is 1.83. The highest BCUT2D eigenvalue weighted by Gasteiger charge is 2.29. The van der Waals surface area contributed by atoms with E-state index in [1.807, 2.05) is 10.7 Å². The van der Waals surface area contributed by atoms with Crippen molar-refractivity contribution in [2.75, 3.05) is 18.4 Å². The summed E-state index contributed by atoms with van der Waals surface area (Å²) in [5, 5.41) is 7.89. The molecule has 3 rings (SSSR count). The molecule has 27 heavy (non-hydrogen) atoms. The lowest BCUT2D eigenvalue weighted by Crippen LogP contribution is -2.44. The number of nitrogens with zero attached hydrogens (tertiary/aromatic N) is 3. The van der Waals surface area contributed by atoms with Crippen LogP contribution in [-0.4, -0.2) is 39.6 Å². The number of likely N-dealkylation sites (tertiary alicyclic amines) is 1. The summed E-state index contributed by atoms with van der Waals surface area (Å²) in [6.45, 7) is 5.23. The molecule has 144 valence electrons. The fourth-order valence-corrected chi connectivity index (χ4v) is 3.44. The maximum absolute atomic E-state index is 12.8. The van der Waals surface area contributed by atoms with E-state index in [-0.39, 0.29) is 23.8 Å². The van der Waals surface area contributed by atoms with Crippen LogP contribution in [0.1, 0.15) is 49.5 Å². The van der Waals surface area contributed by atoms with Crippen molar-refractivity contribution in [1.29, 1.82) is 0 Å². The molecule has 1 N–H and O–H groups in total. The number of piperidine rings is 1. The van der Waals surface area contributed by atoms with Gasteiger partial charge in [0.15, 0.2) is 0 Å². The number of amides is 2. The van der Waals surface area contributed by atoms with Gasteiger partial charge in [0.05, 0.1) is 18.2 Å². The molecule has 2 unspecified atom stereocenters. The van der Waals surface area contributed by atoms with E-state index < -0.39 is 0 Å². The van der Waals surface area contributed by atoms with Gasteiger partial charge in [-0.25, -0.2) is 4.68 Å². The Hall–Kier alpha value is -2.34. The molecule has 7 heteroatoms. The van der Waals surface area contributed by atoms with Gasteiger partial charge in [0.25, 0.3) is 5.91 Å². The zero-order valence-corrected chi connectivity index (χ0v) is 16.4. The number of nitrogens with one attached hydrogen (secondary N) is 1. The van der Waals surface area contributed by atoms with Crippen LogP contribution in [0.25, 0.3) is 0 Å². The third-order valence-corrected chi connectivity index (χ3v) is 5.35. The minimum Gasteiger partial charge on any atom is -0.338 e. The highest BCUT2D eigenvalue weighted by atomic mass is 35.5. The first-order valence-electron chi connectivity index (χ1n) is 9.38. The average molecular weight is 389 g/mol. The Morgan fingerprint density at radius 3 is 2.74 bits per heavy atom. The van der Waals surface area contributed by atoms with Crippen LogP contribution in [0.2, 0.25) is 5.02 Å². The van der Waals surface area contributed by atoms with Crippen LogP contribution >= 0.6 is 11.6 Å². The van der Waals surface area contributed by atoms with E-state index in [0.717, 1.165) is 19.3 Å². The van der Waals surface area contributed by atoms with E-state index in [4.69, 9.17) is 11.6 Å². The number of carbonyl (C=O) groups excluding carboxylic acids is 2. The van der Waals surface area contributed by atoms with Crippen LogP contribution in [-0.2, 0) is 4.79 Å². The third-order valence-electron chi connectivity index (χ3n) is 5.10. The van der Waals surface area contributed by atoms with Crippen LogP contribution in [0.15, 0.2) is 36.5 Å². The van der Waals surface area contributed by atoms with Crippen LogP contribution in [0.3, 0.4) is 0 Å². The van der Waals surface area contributed by atoms with Gasteiger partial charge in [-0.15, -0.1) is 0 Å². The number of aromatic nitrogens is 2. The molecule has 2 amide bonds. The fourth-order valence-electron chi connectivity index (χ4n) is 3.32. The van der Waals surface area contributed by atoms with Gasteiger partial charge in [0.2, 0.25) is 5.91 Å². The van der Waals surface area contributed by atoms with Crippen molar-refractivity contribution < 1.29 is 9.59 Å². The van der Waals surface area contributed by atoms with Crippen molar-refractivity contribution in [3.05, 3.63) is 47.1 Å². The Morgan fingerprint density at radius 2 is 2.04 bits per heavy atom. The summed E-state index contributed by atoms with van der Waals surface area (Å²) in [5.74, 6) is 0.355. The maximum Gasteiger partial charge on any atom is 0.253 e. The summed E-state index contributed by atoms with van der Waals surface area (Å²) in [4.78, 5) is 27.2. The SMILES string of the molecule is CCC(C)n1nccc1NC(=O)C1CCCN(C(=O)c2ccc(Cl)cc2)C1. The minimum absolute atomic E-state index is 0.0613. The number of rotatable bonds is 5. The Morgan fingerprint density at radius 1 is 1.30 bits per heavy atom.